The second-order valence-corrected chi connectivity index (χ2v) is 6.16. The zero-order valence-corrected chi connectivity index (χ0v) is 14.1. The van der Waals surface area contributed by atoms with E-state index in [9.17, 15) is 4.79 Å². The van der Waals surface area contributed by atoms with Crippen LogP contribution in [0.25, 0.3) is 0 Å². The molecule has 122 valence electrons. The summed E-state index contributed by atoms with van der Waals surface area (Å²) < 4.78 is 5.74. The van der Waals surface area contributed by atoms with E-state index in [-0.39, 0.29) is 18.6 Å². The van der Waals surface area contributed by atoms with Crippen LogP contribution < -0.4 is 10.1 Å². The summed E-state index contributed by atoms with van der Waals surface area (Å²) in [6.07, 6.45) is 0.793. The van der Waals surface area contributed by atoms with Gasteiger partial charge in [-0.05, 0) is 30.0 Å². The average Bonchev–Trinajstić information content (AvgIpc) is 2.55. The summed E-state index contributed by atoms with van der Waals surface area (Å²) in [5.74, 6) is 1.09. The second kappa shape index (κ2) is 8.37. The van der Waals surface area contributed by atoms with E-state index < -0.39 is 0 Å². The first kappa shape index (κ1) is 17.1. The van der Waals surface area contributed by atoms with Crippen molar-refractivity contribution in [2.24, 2.45) is 5.92 Å². The molecule has 0 heterocycles. The van der Waals surface area contributed by atoms with Crippen LogP contribution in [0.1, 0.15) is 31.9 Å². The Morgan fingerprint density at radius 3 is 2.35 bits per heavy atom. The molecule has 2 aromatic rings. The Labute approximate surface area is 138 Å². The highest BCUT2D eigenvalue weighted by Gasteiger charge is 2.12. The van der Waals surface area contributed by atoms with Gasteiger partial charge in [0, 0.05) is 12.5 Å². The highest BCUT2D eigenvalue weighted by Crippen LogP contribution is 2.21. The molecule has 0 saturated carbocycles. The van der Waals surface area contributed by atoms with Crippen molar-refractivity contribution >= 4 is 5.91 Å². The maximum Gasteiger partial charge on any atom is 0.258 e. The predicted molar refractivity (Wildman–Crippen MR) is 93.6 cm³/mol. The van der Waals surface area contributed by atoms with Gasteiger partial charge in [-0.25, -0.2) is 0 Å². The zero-order valence-electron chi connectivity index (χ0n) is 14.1. The molecule has 3 nitrogen and oxygen atoms in total. The van der Waals surface area contributed by atoms with Crippen molar-refractivity contribution in [1.82, 2.24) is 5.32 Å². The van der Waals surface area contributed by atoms with Gasteiger partial charge in [-0.3, -0.25) is 4.79 Å². The number of benzene rings is 2. The van der Waals surface area contributed by atoms with Gasteiger partial charge in [-0.15, -0.1) is 0 Å². The fourth-order valence-corrected chi connectivity index (χ4v) is 2.21. The number of carbonyl (C=O) groups excluding carboxylic acids is 1. The molecule has 0 saturated heterocycles. The average molecular weight is 311 g/mol. The molecule has 2 rings (SSSR count). The minimum absolute atomic E-state index is 0.0445. The maximum absolute atomic E-state index is 12.0. The summed E-state index contributed by atoms with van der Waals surface area (Å²) in [7, 11) is 0. The van der Waals surface area contributed by atoms with E-state index in [1.54, 1.807) is 0 Å². The number of nitrogens with one attached hydrogen (secondary N) is 1. The first-order valence-corrected chi connectivity index (χ1v) is 8.10. The van der Waals surface area contributed by atoms with Crippen LogP contribution in [-0.4, -0.2) is 18.6 Å². The smallest absolute Gasteiger partial charge is 0.258 e. The minimum atomic E-state index is -0.0827. The van der Waals surface area contributed by atoms with Crippen LogP contribution in [0.2, 0.25) is 0 Å². The lowest BCUT2D eigenvalue weighted by Gasteiger charge is -2.18. The molecule has 0 aliphatic carbocycles. The number of ether oxygens (including phenoxy) is 1. The summed E-state index contributed by atoms with van der Waals surface area (Å²) >= 11 is 0. The molecule has 0 bridgehead atoms. The van der Waals surface area contributed by atoms with E-state index >= 15 is 0 Å². The molecule has 0 aliphatic rings. The molecule has 0 fully saturated rings. The Balaban J connectivity index is 1.97. The number of hydrogen-bond donors (Lipinski definition) is 1. The van der Waals surface area contributed by atoms with Gasteiger partial charge in [0.1, 0.15) is 5.75 Å². The number of hydrogen-bond acceptors (Lipinski definition) is 2. The molecular weight excluding hydrogens is 286 g/mol. The number of rotatable bonds is 7. The highest BCUT2D eigenvalue weighted by molar-refractivity contribution is 5.77. The Morgan fingerprint density at radius 2 is 1.65 bits per heavy atom. The summed E-state index contributed by atoms with van der Waals surface area (Å²) in [4.78, 5) is 12.0. The summed E-state index contributed by atoms with van der Waals surface area (Å²) in [5.41, 5.74) is 2.31. The van der Waals surface area contributed by atoms with Crippen molar-refractivity contribution in [3.05, 3.63) is 65.7 Å². The van der Waals surface area contributed by atoms with Crippen molar-refractivity contribution in [2.45, 2.75) is 33.2 Å². The quantitative estimate of drug-likeness (QED) is 0.844. The van der Waals surface area contributed by atoms with Crippen molar-refractivity contribution in [2.75, 3.05) is 6.61 Å². The molecule has 0 aromatic heterocycles. The van der Waals surface area contributed by atoms with Crippen LogP contribution in [0.5, 0.6) is 5.75 Å². The van der Waals surface area contributed by atoms with Crippen LogP contribution in [0.4, 0.5) is 0 Å². The van der Waals surface area contributed by atoms with Gasteiger partial charge in [0.15, 0.2) is 6.61 Å². The monoisotopic (exact) mass is 311 g/mol. The van der Waals surface area contributed by atoms with E-state index in [2.05, 4.69) is 31.3 Å². The predicted octanol–water partition coefficient (Wildman–Crippen LogP) is 3.82. The Bertz CT molecular complexity index is 623. The largest absolute Gasteiger partial charge is 0.483 e. The molecule has 3 heteroatoms. The van der Waals surface area contributed by atoms with E-state index in [0.29, 0.717) is 5.92 Å². The Morgan fingerprint density at radius 1 is 1.00 bits per heavy atom. The number of carbonyl (C=O) groups is 1. The Hall–Kier alpha value is -2.29. The normalized spacial score (nSPS) is 12.0. The summed E-state index contributed by atoms with van der Waals surface area (Å²) in [6, 6.07) is 18.3. The lowest BCUT2D eigenvalue weighted by Crippen LogP contribution is -2.39. The SMILES string of the molecule is CC(C)[C@@H](C)NC(=O)COc1ccccc1Cc1ccccc1. The van der Waals surface area contributed by atoms with Crippen molar-refractivity contribution in [1.29, 1.82) is 0 Å². The van der Waals surface area contributed by atoms with Crippen LogP contribution >= 0.6 is 0 Å². The van der Waals surface area contributed by atoms with E-state index in [1.165, 1.54) is 5.56 Å². The standard InChI is InChI=1S/C20H25NO2/c1-15(2)16(3)21-20(22)14-23-19-12-8-7-11-18(19)13-17-9-5-4-6-10-17/h4-12,15-16H,13-14H2,1-3H3,(H,21,22)/t16-/m1/s1. The van der Waals surface area contributed by atoms with Crippen LogP contribution in [0.3, 0.4) is 0 Å². The molecule has 1 N–H and O–H groups in total. The van der Waals surface area contributed by atoms with Crippen LogP contribution in [0.15, 0.2) is 54.6 Å². The molecule has 2 aromatic carbocycles. The fraction of sp³-hybridized carbons (Fsp3) is 0.350. The van der Waals surface area contributed by atoms with Gasteiger partial charge in [-0.1, -0.05) is 62.4 Å². The summed E-state index contributed by atoms with van der Waals surface area (Å²) in [6.45, 7) is 6.22. The molecule has 0 unspecified atom stereocenters. The molecule has 0 radical (unpaired) electrons. The lowest BCUT2D eigenvalue weighted by molar-refractivity contribution is -0.124. The van der Waals surface area contributed by atoms with Crippen molar-refractivity contribution < 1.29 is 9.53 Å². The number of amides is 1. The van der Waals surface area contributed by atoms with Gasteiger partial charge in [0.05, 0.1) is 0 Å². The minimum Gasteiger partial charge on any atom is -0.483 e. The molecule has 1 atom stereocenters. The third kappa shape index (κ3) is 5.44. The summed E-state index contributed by atoms with van der Waals surface area (Å²) in [5, 5.41) is 2.95. The molecule has 23 heavy (non-hydrogen) atoms. The first-order chi connectivity index (χ1) is 11.1. The molecular formula is C20H25NO2. The third-order valence-electron chi connectivity index (χ3n) is 3.96. The first-order valence-electron chi connectivity index (χ1n) is 8.10. The topological polar surface area (TPSA) is 38.3 Å². The molecule has 0 spiro atoms. The third-order valence-corrected chi connectivity index (χ3v) is 3.96. The zero-order chi connectivity index (χ0) is 16.7. The Kier molecular flexibility index (Phi) is 6.21. The van der Waals surface area contributed by atoms with E-state index in [1.807, 2.05) is 49.4 Å². The van der Waals surface area contributed by atoms with Gasteiger partial charge in [-0.2, -0.15) is 0 Å². The second-order valence-electron chi connectivity index (χ2n) is 6.16. The van der Waals surface area contributed by atoms with Gasteiger partial charge in [0.25, 0.3) is 5.91 Å². The highest BCUT2D eigenvalue weighted by atomic mass is 16.5. The van der Waals surface area contributed by atoms with Gasteiger partial charge in [0.2, 0.25) is 0 Å². The van der Waals surface area contributed by atoms with E-state index in [4.69, 9.17) is 4.74 Å². The van der Waals surface area contributed by atoms with Gasteiger partial charge >= 0.3 is 0 Å². The van der Waals surface area contributed by atoms with E-state index in [0.717, 1.165) is 17.7 Å². The maximum atomic E-state index is 12.0. The van der Waals surface area contributed by atoms with Crippen LogP contribution in [0, 0.1) is 5.92 Å². The van der Waals surface area contributed by atoms with Gasteiger partial charge < -0.3 is 10.1 Å². The van der Waals surface area contributed by atoms with Crippen molar-refractivity contribution in [3.63, 3.8) is 0 Å². The fourth-order valence-electron chi connectivity index (χ4n) is 2.21. The van der Waals surface area contributed by atoms with Crippen molar-refractivity contribution in [3.8, 4) is 5.75 Å². The number of para-hydroxylation sites is 1. The van der Waals surface area contributed by atoms with Crippen LogP contribution in [-0.2, 0) is 11.2 Å². The molecule has 0 aliphatic heterocycles. The lowest BCUT2D eigenvalue weighted by atomic mass is 10.0. The molecule has 1 amide bonds.